The molecule has 7 heteroatoms. The first kappa shape index (κ1) is 20.8. The molecular weight excluding hydrogens is 416 g/mol. The molecule has 3 aromatic rings. The second kappa shape index (κ2) is 8.71. The van der Waals surface area contributed by atoms with Crippen LogP contribution in [0, 0.1) is 0 Å². The van der Waals surface area contributed by atoms with Crippen LogP contribution in [0.1, 0.15) is 40.4 Å². The molecule has 0 bridgehead atoms. The highest BCUT2D eigenvalue weighted by Crippen LogP contribution is 2.28. The van der Waals surface area contributed by atoms with Crippen LogP contribution in [0.2, 0.25) is 0 Å². The zero-order valence-corrected chi connectivity index (χ0v) is 18.4. The lowest BCUT2D eigenvalue weighted by Gasteiger charge is -2.28. The molecule has 156 valence electrons. The molecule has 1 amide bonds. The van der Waals surface area contributed by atoms with Crippen molar-refractivity contribution in [1.82, 2.24) is 4.31 Å². The molecule has 0 aliphatic carbocycles. The van der Waals surface area contributed by atoms with E-state index >= 15 is 0 Å². The van der Waals surface area contributed by atoms with Gasteiger partial charge in [-0.25, -0.2) is 8.42 Å². The van der Waals surface area contributed by atoms with E-state index in [0.29, 0.717) is 35.0 Å². The number of aryl methyl sites for hydroxylation is 1. The van der Waals surface area contributed by atoms with Gasteiger partial charge in [0.2, 0.25) is 0 Å². The van der Waals surface area contributed by atoms with E-state index in [2.05, 4.69) is 12.2 Å². The van der Waals surface area contributed by atoms with Gasteiger partial charge in [-0.05, 0) is 65.2 Å². The maximum Gasteiger partial charge on any atom is 0.255 e. The third-order valence-corrected chi connectivity index (χ3v) is 8.50. The molecule has 0 saturated carbocycles. The standard InChI is InChI=1S/C23H24N2O3S2/c1-2-4-17-6-8-19(9-7-17)23(26)24-21-11-10-18-12-13-25(16-20(18)15-21)30(27,28)22-5-3-14-29-22/h3,5-11,14-15H,2,4,12-13,16H2,1H3,(H,24,26). The van der Waals surface area contributed by atoms with E-state index in [0.717, 1.165) is 24.0 Å². The minimum absolute atomic E-state index is 0.170. The number of sulfonamides is 1. The number of nitrogens with one attached hydrogen (secondary N) is 1. The minimum atomic E-state index is -3.48. The average molecular weight is 441 g/mol. The van der Waals surface area contributed by atoms with Crippen LogP contribution in [-0.4, -0.2) is 25.2 Å². The Hall–Kier alpha value is -2.48. The summed E-state index contributed by atoms with van der Waals surface area (Å²) >= 11 is 1.23. The lowest BCUT2D eigenvalue weighted by molar-refractivity contribution is 0.102. The quantitative estimate of drug-likeness (QED) is 0.604. The number of anilines is 1. The Morgan fingerprint density at radius 1 is 1.10 bits per heavy atom. The second-order valence-electron chi connectivity index (χ2n) is 7.41. The van der Waals surface area contributed by atoms with E-state index in [9.17, 15) is 13.2 Å². The fourth-order valence-corrected chi connectivity index (χ4v) is 6.23. The molecule has 2 aromatic carbocycles. The molecule has 1 aliphatic heterocycles. The van der Waals surface area contributed by atoms with Crippen LogP contribution < -0.4 is 5.32 Å². The van der Waals surface area contributed by atoms with Crippen LogP contribution in [0.5, 0.6) is 0 Å². The van der Waals surface area contributed by atoms with E-state index in [1.54, 1.807) is 17.5 Å². The van der Waals surface area contributed by atoms with Crippen LogP contribution in [0.3, 0.4) is 0 Å². The minimum Gasteiger partial charge on any atom is -0.322 e. The fourth-order valence-electron chi connectivity index (χ4n) is 3.67. The number of carbonyl (C=O) groups is 1. The van der Waals surface area contributed by atoms with Gasteiger partial charge in [-0.2, -0.15) is 4.31 Å². The van der Waals surface area contributed by atoms with Crippen LogP contribution in [-0.2, 0) is 29.4 Å². The number of hydrogen-bond acceptors (Lipinski definition) is 4. The van der Waals surface area contributed by atoms with Crippen LogP contribution in [0.15, 0.2) is 64.2 Å². The monoisotopic (exact) mass is 440 g/mol. The van der Waals surface area contributed by atoms with E-state index in [-0.39, 0.29) is 5.91 Å². The summed E-state index contributed by atoms with van der Waals surface area (Å²) in [6, 6.07) is 16.8. The number of amides is 1. The largest absolute Gasteiger partial charge is 0.322 e. The SMILES string of the molecule is CCCc1ccc(C(=O)Nc2ccc3c(c2)CN(S(=O)(=O)c2cccs2)CC3)cc1. The van der Waals surface area contributed by atoms with Gasteiger partial charge < -0.3 is 5.32 Å². The molecule has 4 rings (SSSR count). The zero-order chi connectivity index (χ0) is 21.1. The molecule has 30 heavy (non-hydrogen) atoms. The third-order valence-electron chi connectivity index (χ3n) is 5.29. The highest BCUT2D eigenvalue weighted by molar-refractivity contribution is 7.91. The molecule has 1 aliphatic rings. The summed E-state index contributed by atoms with van der Waals surface area (Å²) in [5, 5.41) is 4.71. The smallest absolute Gasteiger partial charge is 0.255 e. The Balaban J connectivity index is 1.49. The summed E-state index contributed by atoms with van der Waals surface area (Å²) in [5.41, 5.74) is 4.54. The van der Waals surface area contributed by atoms with Crippen molar-refractivity contribution in [2.24, 2.45) is 0 Å². The van der Waals surface area contributed by atoms with Gasteiger partial charge in [-0.3, -0.25) is 4.79 Å². The van der Waals surface area contributed by atoms with Gasteiger partial charge in [0.1, 0.15) is 4.21 Å². The van der Waals surface area contributed by atoms with Crippen LogP contribution in [0.25, 0.3) is 0 Å². The summed E-state index contributed by atoms with van der Waals surface area (Å²) in [7, 11) is -3.48. The molecule has 5 nitrogen and oxygen atoms in total. The van der Waals surface area contributed by atoms with Crippen molar-refractivity contribution < 1.29 is 13.2 Å². The summed E-state index contributed by atoms with van der Waals surface area (Å²) in [6.07, 6.45) is 2.73. The number of carbonyl (C=O) groups excluding carboxylic acids is 1. The van der Waals surface area contributed by atoms with Crippen LogP contribution in [0.4, 0.5) is 5.69 Å². The Labute approximate surface area is 181 Å². The van der Waals surface area contributed by atoms with Gasteiger partial charge in [0, 0.05) is 24.3 Å². The highest BCUT2D eigenvalue weighted by atomic mass is 32.2. The van der Waals surface area contributed by atoms with Crippen molar-refractivity contribution in [2.45, 2.75) is 36.9 Å². The Bertz CT molecular complexity index is 1140. The topological polar surface area (TPSA) is 66.5 Å². The summed E-state index contributed by atoms with van der Waals surface area (Å²) in [4.78, 5) is 12.6. The predicted molar refractivity (Wildman–Crippen MR) is 120 cm³/mol. The highest BCUT2D eigenvalue weighted by Gasteiger charge is 2.29. The van der Waals surface area contributed by atoms with Crippen molar-refractivity contribution in [1.29, 1.82) is 0 Å². The Kier molecular flexibility index (Phi) is 6.04. The van der Waals surface area contributed by atoms with E-state index in [4.69, 9.17) is 0 Å². The van der Waals surface area contributed by atoms with Crippen molar-refractivity contribution in [2.75, 3.05) is 11.9 Å². The number of fused-ring (bicyclic) bond motifs is 1. The van der Waals surface area contributed by atoms with Crippen LogP contribution >= 0.6 is 11.3 Å². The Morgan fingerprint density at radius 3 is 2.60 bits per heavy atom. The molecular formula is C23H24N2O3S2. The molecule has 0 radical (unpaired) electrons. The first-order chi connectivity index (χ1) is 14.5. The summed E-state index contributed by atoms with van der Waals surface area (Å²) in [5.74, 6) is -0.170. The Morgan fingerprint density at radius 2 is 1.90 bits per heavy atom. The predicted octanol–water partition coefficient (Wildman–Crippen LogP) is 4.70. The van der Waals surface area contributed by atoms with Crippen molar-refractivity contribution in [3.8, 4) is 0 Å². The van der Waals surface area contributed by atoms with Gasteiger partial charge in [0.25, 0.3) is 15.9 Å². The summed E-state index contributed by atoms with van der Waals surface area (Å²) in [6.45, 7) is 2.90. The molecule has 2 heterocycles. The van der Waals surface area contributed by atoms with Crippen molar-refractivity contribution in [3.05, 3.63) is 82.2 Å². The van der Waals surface area contributed by atoms with Gasteiger partial charge in [-0.1, -0.05) is 37.6 Å². The lowest BCUT2D eigenvalue weighted by Crippen LogP contribution is -2.35. The number of thiophene rings is 1. The second-order valence-corrected chi connectivity index (χ2v) is 10.5. The van der Waals surface area contributed by atoms with E-state index in [1.807, 2.05) is 42.5 Å². The molecule has 0 saturated heterocycles. The van der Waals surface area contributed by atoms with Gasteiger partial charge in [0.05, 0.1) is 0 Å². The van der Waals surface area contributed by atoms with E-state index < -0.39 is 10.0 Å². The lowest BCUT2D eigenvalue weighted by atomic mass is 10.0. The summed E-state index contributed by atoms with van der Waals surface area (Å²) < 4.78 is 27.6. The van der Waals surface area contributed by atoms with Gasteiger partial charge >= 0.3 is 0 Å². The first-order valence-corrected chi connectivity index (χ1v) is 12.3. The molecule has 0 spiro atoms. The first-order valence-electron chi connectivity index (χ1n) is 10.0. The van der Waals surface area contributed by atoms with Gasteiger partial charge in [-0.15, -0.1) is 11.3 Å². The number of nitrogens with zero attached hydrogens (tertiary/aromatic N) is 1. The molecule has 1 aromatic heterocycles. The van der Waals surface area contributed by atoms with E-state index in [1.165, 1.54) is 21.2 Å². The van der Waals surface area contributed by atoms with Gasteiger partial charge in [0.15, 0.2) is 0 Å². The number of hydrogen-bond donors (Lipinski definition) is 1. The van der Waals surface area contributed by atoms with Crippen molar-refractivity contribution in [3.63, 3.8) is 0 Å². The molecule has 0 atom stereocenters. The maximum absolute atomic E-state index is 12.8. The molecule has 0 fully saturated rings. The number of rotatable bonds is 6. The zero-order valence-electron chi connectivity index (χ0n) is 16.8. The normalized spacial score (nSPS) is 14.3. The molecule has 0 unspecified atom stereocenters. The molecule has 1 N–H and O–H groups in total. The average Bonchev–Trinajstić information content (AvgIpc) is 3.30. The number of benzene rings is 2. The maximum atomic E-state index is 12.8. The third kappa shape index (κ3) is 4.33. The fraction of sp³-hybridized carbons (Fsp3) is 0.261. The van der Waals surface area contributed by atoms with Crippen molar-refractivity contribution >= 4 is 33.0 Å².